The Morgan fingerprint density at radius 3 is 2.32 bits per heavy atom. The standard InChI is InChI=1S/C18H16N2O4.ClH/c21-17-12-15-10-11-19(15)18(17,24-16-4-2-1-3-5-16)13-6-8-14(9-7-13)20(22)23;/h1-9,15H,10-12H2;1H. The Morgan fingerprint density at radius 2 is 1.80 bits per heavy atom. The molecule has 0 aliphatic carbocycles. The maximum Gasteiger partial charge on any atom is 0.269 e. The van der Waals surface area contributed by atoms with Gasteiger partial charge in [0.25, 0.3) is 5.69 Å². The van der Waals surface area contributed by atoms with E-state index in [4.69, 9.17) is 4.74 Å². The van der Waals surface area contributed by atoms with Gasteiger partial charge in [-0.3, -0.25) is 19.8 Å². The molecule has 2 aromatic rings. The minimum absolute atomic E-state index is 0. The van der Waals surface area contributed by atoms with Gasteiger partial charge in [-0.1, -0.05) is 18.2 Å². The Balaban J connectivity index is 0.00000182. The van der Waals surface area contributed by atoms with Gasteiger partial charge in [0.1, 0.15) is 5.75 Å². The highest BCUT2D eigenvalue weighted by Crippen LogP contribution is 2.46. The van der Waals surface area contributed by atoms with Crippen molar-refractivity contribution >= 4 is 23.9 Å². The molecule has 2 aliphatic heterocycles. The molecule has 25 heavy (non-hydrogen) atoms. The molecule has 7 heteroatoms. The third kappa shape index (κ3) is 2.67. The number of rotatable bonds is 4. The molecule has 0 saturated carbocycles. The first-order valence-corrected chi connectivity index (χ1v) is 7.90. The maximum absolute atomic E-state index is 12.9. The lowest BCUT2D eigenvalue weighted by atomic mass is 9.97. The molecule has 0 spiro atoms. The predicted octanol–water partition coefficient (Wildman–Crippen LogP) is 3.30. The molecule has 6 nitrogen and oxygen atoms in total. The number of halogens is 1. The van der Waals surface area contributed by atoms with E-state index >= 15 is 0 Å². The fourth-order valence-electron chi connectivity index (χ4n) is 3.55. The smallest absolute Gasteiger partial charge is 0.269 e. The van der Waals surface area contributed by atoms with E-state index in [0.29, 0.717) is 17.7 Å². The number of carbonyl (C=O) groups is 1. The lowest BCUT2D eigenvalue weighted by molar-refractivity contribution is -0.384. The topological polar surface area (TPSA) is 72.7 Å². The van der Waals surface area contributed by atoms with E-state index in [1.807, 2.05) is 30.3 Å². The van der Waals surface area contributed by atoms with Crippen molar-refractivity contribution in [3.63, 3.8) is 0 Å². The van der Waals surface area contributed by atoms with Crippen molar-refractivity contribution in [2.24, 2.45) is 0 Å². The number of ketones is 1. The second-order valence-corrected chi connectivity index (χ2v) is 6.13. The van der Waals surface area contributed by atoms with E-state index in [1.54, 1.807) is 12.1 Å². The number of ether oxygens (including phenoxy) is 1. The molecule has 0 aromatic heterocycles. The van der Waals surface area contributed by atoms with Crippen molar-refractivity contribution in [3.8, 4) is 5.75 Å². The molecule has 0 amide bonds. The second-order valence-electron chi connectivity index (χ2n) is 6.13. The van der Waals surface area contributed by atoms with Crippen LogP contribution in [0.15, 0.2) is 54.6 Å². The summed E-state index contributed by atoms with van der Waals surface area (Å²) in [5.74, 6) is 0.611. The molecule has 0 bridgehead atoms. The number of benzene rings is 2. The Kier molecular flexibility index (Phi) is 4.49. The molecule has 4 rings (SSSR count). The number of hydrogen-bond acceptors (Lipinski definition) is 5. The number of carbonyl (C=O) groups excluding carboxylic acids is 1. The average Bonchev–Trinajstić information content (AvgIpc) is 2.76. The van der Waals surface area contributed by atoms with Gasteiger partial charge in [0.2, 0.25) is 5.72 Å². The van der Waals surface area contributed by atoms with E-state index in [0.717, 1.165) is 13.0 Å². The molecule has 2 aromatic carbocycles. The molecule has 130 valence electrons. The van der Waals surface area contributed by atoms with Crippen LogP contribution in [0.1, 0.15) is 18.4 Å². The molecule has 0 N–H and O–H groups in total. The van der Waals surface area contributed by atoms with E-state index in [9.17, 15) is 14.9 Å². The zero-order chi connectivity index (χ0) is 16.7. The van der Waals surface area contributed by atoms with Crippen LogP contribution in [0.5, 0.6) is 5.75 Å². The van der Waals surface area contributed by atoms with Crippen LogP contribution >= 0.6 is 12.4 Å². The molecule has 2 heterocycles. The van der Waals surface area contributed by atoms with Crippen LogP contribution in [0.3, 0.4) is 0 Å². The lowest BCUT2D eigenvalue weighted by Gasteiger charge is -2.45. The van der Waals surface area contributed by atoms with Crippen LogP contribution in [0.2, 0.25) is 0 Å². The van der Waals surface area contributed by atoms with Crippen LogP contribution < -0.4 is 4.74 Å². The van der Waals surface area contributed by atoms with E-state index < -0.39 is 10.6 Å². The highest BCUT2D eigenvalue weighted by molar-refractivity contribution is 5.91. The summed E-state index contributed by atoms with van der Waals surface area (Å²) in [4.78, 5) is 25.4. The number of Topliss-reactive ketones (excluding diaryl/α,β-unsaturated/α-hetero) is 1. The van der Waals surface area contributed by atoms with Crippen LogP contribution in [0, 0.1) is 10.1 Å². The first kappa shape index (κ1) is 17.4. The third-order valence-corrected chi connectivity index (χ3v) is 4.83. The summed E-state index contributed by atoms with van der Waals surface area (Å²) in [6, 6.07) is 15.5. The minimum atomic E-state index is -1.18. The van der Waals surface area contributed by atoms with Gasteiger partial charge in [-0.25, -0.2) is 0 Å². The quantitative estimate of drug-likeness (QED) is 0.618. The van der Waals surface area contributed by atoms with Gasteiger partial charge in [0, 0.05) is 36.7 Å². The Morgan fingerprint density at radius 1 is 1.12 bits per heavy atom. The zero-order valence-corrected chi connectivity index (χ0v) is 14.1. The van der Waals surface area contributed by atoms with Gasteiger partial charge in [-0.2, -0.15) is 0 Å². The number of nitro groups is 1. The van der Waals surface area contributed by atoms with E-state index in [-0.39, 0.29) is 29.9 Å². The first-order chi connectivity index (χ1) is 11.6. The average molecular weight is 361 g/mol. The number of nitrogens with zero attached hydrogens (tertiary/aromatic N) is 2. The third-order valence-electron chi connectivity index (χ3n) is 4.83. The normalized spacial score (nSPS) is 24.8. The number of non-ortho nitro benzene ring substituents is 1. The zero-order valence-electron chi connectivity index (χ0n) is 13.3. The number of fused-ring (bicyclic) bond motifs is 1. The minimum Gasteiger partial charge on any atom is -0.461 e. The fourth-order valence-corrected chi connectivity index (χ4v) is 3.55. The molecule has 2 atom stereocenters. The molecular formula is C18H17ClN2O4. The lowest BCUT2D eigenvalue weighted by Crippen LogP contribution is -2.58. The summed E-state index contributed by atoms with van der Waals surface area (Å²) in [5, 5.41) is 10.9. The van der Waals surface area contributed by atoms with Gasteiger partial charge >= 0.3 is 0 Å². The highest BCUT2D eigenvalue weighted by atomic mass is 35.5. The predicted molar refractivity (Wildman–Crippen MR) is 93.8 cm³/mol. The van der Waals surface area contributed by atoms with Crippen molar-refractivity contribution in [3.05, 3.63) is 70.3 Å². The van der Waals surface area contributed by atoms with Crippen LogP contribution in [-0.4, -0.2) is 28.2 Å². The summed E-state index contributed by atoms with van der Waals surface area (Å²) in [5.41, 5.74) is -0.539. The summed E-state index contributed by atoms with van der Waals surface area (Å²) < 4.78 is 6.20. The Labute approximate surface area is 151 Å². The first-order valence-electron chi connectivity index (χ1n) is 7.90. The monoisotopic (exact) mass is 360 g/mol. The van der Waals surface area contributed by atoms with Crippen molar-refractivity contribution in [2.45, 2.75) is 24.6 Å². The van der Waals surface area contributed by atoms with Gasteiger partial charge in [-0.15, -0.1) is 12.4 Å². The Hall–Kier alpha value is -2.44. The van der Waals surface area contributed by atoms with Crippen molar-refractivity contribution < 1.29 is 14.5 Å². The Bertz CT molecular complexity index is 796. The summed E-state index contributed by atoms with van der Waals surface area (Å²) in [6.45, 7) is 0.778. The van der Waals surface area contributed by atoms with Crippen molar-refractivity contribution in [2.75, 3.05) is 6.54 Å². The summed E-state index contributed by atoms with van der Waals surface area (Å²) in [6.07, 6.45) is 1.42. The molecular weight excluding hydrogens is 344 g/mol. The van der Waals surface area contributed by atoms with E-state index in [2.05, 4.69) is 4.90 Å². The van der Waals surface area contributed by atoms with Gasteiger partial charge in [-0.05, 0) is 30.7 Å². The molecule has 2 unspecified atom stereocenters. The largest absolute Gasteiger partial charge is 0.461 e. The number of para-hydroxylation sites is 1. The molecule has 2 fully saturated rings. The van der Waals surface area contributed by atoms with Crippen LogP contribution in [-0.2, 0) is 10.5 Å². The SMILES string of the molecule is Cl.O=C1CC2CCN2C1(Oc1ccccc1)c1ccc([N+](=O)[O-])cc1. The van der Waals surface area contributed by atoms with Crippen LogP contribution in [0.4, 0.5) is 5.69 Å². The van der Waals surface area contributed by atoms with Gasteiger partial charge in [0.05, 0.1) is 4.92 Å². The summed E-state index contributed by atoms with van der Waals surface area (Å²) >= 11 is 0. The van der Waals surface area contributed by atoms with Crippen molar-refractivity contribution in [1.82, 2.24) is 4.90 Å². The van der Waals surface area contributed by atoms with Gasteiger partial charge in [0.15, 0.2) is 5.78 Å². The van der Waals surface area contributed by atoms with E-state index in [1.165, 1.54) is 12.1 Å². The summed E-state index contributed by atoms with van der Waals surface area (Å²) in [7, 11) is 0. The fraction of sp³-hybridized carbons (Fsp3) is 0.278. The molecule has 0 radical (unpaired) electrons. The maximum atomic E-state index is 12.9. The van der Waals surface area contributed by atoms with Crippen LogP contribution in [0.25, 0.3) is 0 Å². The molecule has 2 saturated heterocycles. The number of nitro benzene ring substituents is 1. The van der Waals surface area contributed by atoms with Gasteiger partial charge < -0.3 is 4.74 Å². The van der Waals surface area contributed by atoms with Crippen molar-refractivity contribution in [1.29, 1.82) is 0 Å². The highest BCUT2D eigenvalue weighted by Gasteiger charge is 2.60. The number of hydrogen-bond donors (Lipinski definition) is 0. The molecule has 2 aliphatic rings. The second kappa shape index (κ2) is 6.46.